The van der Waals surface area contributed by atoms with Crippen molar-refractivity contribution in [2.75, 3.05) is 18.6 Å². The molecule has 1 atom stereocenters. The second-order valence-electron chi connectivity index (χ2n) is 4.04. The first-order valence-corrected chi connectivity index (χ1v) is 5.08. The Hall–Kier alpha value is -1.32. The Morgan fingerprint density at radius 2 is 2.13 bits per heavy atom. The van der Waals surface area contributed by atoms with Crippen molar-refractivity contribution in [3.8, 4) is 0 Å². The molecule has 3 nitrogen and oxygen atoms in total. The van der Waals surface area contributed by atoms with Crippen molar-refractivity contribution in [3.63, 3.8) is 0 Å². The quantitative estimate of drug-likeness (QED) is 0.603. The average Bonchev–Trinajstić information content (AvgIpc) is 2.50. The molecule has 2 aliphatic rings. The third kappa shape index (κ3) is 1.02. The summed E-state index contributed by atoms with van der Waals surface area (Å²) in [5.74, 6) is 0. The zero-order chi connectivity index (χ0) is 10.5. The van der Waals surface area contributed by atoms with Crippen LogP contribution in [0.25, 0.3) is 5.57 Å². The van der Waals surface area contributed by atoms with Gasteiger partial charge in [-0.15, -0.1) is 0 Å². The van der Waals surface area contributed by atoms with Gasteiger partial charge in [0.1, 0.15) is 6.61 Å². The van der Waals surface area contributed by atoms with Crippen LogP contribution >= 0.6 is 0 Å². The number of fused-ring (bicyclic) bond motifs is 3. The summed E-state index contributed by atoms with van der Waals surface area (Å²) in [4.78, 5) is 12.6. The van der Waals surface area contributed by atoms with E-state index in [4.69, 9.17) is 9.78 Å². The molecule has 0 fully saturated rings. The van der Waals surface area contributed by atoms with Crippen molar-refractivity contribution in [2.45, 2.75) is 12.6 Å². The molecule has 0 N–H and O–H groups in total. The van der Waals surface area contributed by atoms with Gasteiger partial charge in [0.25, 0.3) is 0 Å². The number of anilines is 1. The Kier molecular flexibility index (Phi) is 1.69. The highest BCUT2D eigenvalue weighted by Crippen LogP contribution is 2.47. The Morgan fingerprint density at radius 1 is 1.33 bits per heavy atom. The predicted molar refractivity (Wildman–Crippen MR) is 58.3 cm³/mol. The first-order valence-electron chi connectivity index (χ1n) is 5.08. The lowest BCUT2D eigenvalue weighted by Crippen LogP contribution is -2.44. The van der Waals surface area contributed by atoms with E-state index >= 15 is 0 Å². The van der Waals surface area contributed by atoms with Crippen molar-refractivity contribution in [1.29, 1.82) is 0 Å². The molecule has 15 heavy (non-hydrogen) atoms. The first kappa shape index (κ1) is 8.95. The van der Waals surface area contributed by atoms with Crippen molar-refractivity contribution in [2.24, 2.45) is 0 Å². The van der Waals surface area contributed by atoms with Gasteiger partial charge in [0.05, 0.1) is 0 Å². The van der Waals surface area contributed by atoms with Gasteiger partial charge in [-0.25, -0.2) is 9.78 Å². The van der Waals surface area contributed by atoms with Gasteiger partial charge in [0.2, 0.25) is 0 Å². The number of rotatable bonds is 0. The highest BCUT2D eigenvalue weighted by Gasteiger charge is 2.45. The molecular weight excluding hydrogens is 190 g/mol. The van der Waals surface area contributed by atoms with E-state index in [1.807, 2.05) is 20.0 Å². The van der Waals surface area contributed by atoms with Gasteiger partial charge in [-0.3, -0.25) is 0 Å². The second kappa shape index (κ2) is 2.84. The Balaban J connectivity index is 2.24. The zero-order valence-electron chi connectivity index (χ0n) is 8.86. The van der Waals surface area contributed by atoms with Crippen LogP contribution in [0.1, 0.15) is 12.5 Å². The highest BCUT2D eigenvalue weighted by atomic mass is 17.2. The lowest BCUT2D eigenvalue weighted by atomic mass is 10.00. The normalized spacial score (nSPS) is 28.4. The van der Waals surface area contributed by atoms with Crippen LogP contribution in [-0.4, -0.2) is 19.4 Å². The minimum atomic E-state index is -0.470. The van der Waals surface area contributed by atoms with Crippen molar-refractivity contribution < 1.29 is 9.78 Å². The van der Waals surface area contributed by atoms with Crippen LogP contribution in [0, 0.1) is 0 Å². The van der Waals surface area contributed by atoms with Gasteiger partial charge >= 0.3 is 0 Å². The molecule has 0 aromatic heterocycles. The van der Waals surface area contributed by atoms with Gasteiger partial charge in [-0.1, -0.05) is 18.2 Å². The van der Waals surface area contributed by atoms with Crippen molar-refractivity contribution >= 4 is 11.3 Å². The maximum absolute atomic E-state index is 5.44. The van der Waals surface area contributed by atoms with Crippen LogP contribution in [0.5, 0.6) is 0 Å². The van der Waals surface area contributed by atoms with Gasteiger partial charge in [0, 0.05) is 23.9 Å². The molecule has 2 heterocycles. The molecule has 0 saturated carbocycles. The molecule has 0 unspecified atom stereocenters. The summed E-state index contributed by atoms with van der Waals surface area (Å²) < 4.78 is 0. The predicted octanol–water partition coefficient (Wildman–Crippen LogP) is 2.20. The van der Waals surface area contributed by atoms with E-state index in [9.17, 15) is 0 Å². The Labute approximate surface area is 88.8 Å². The van der Waals surface area contributed by atoms with E-state index in [0.29, 0.717) is 6.61 Å². The third-order valence-corrected chi connectivity index (χ3v) is 3.27. The SMILES string of the molecule is CN1c2ccccc2C2=CCOO[C@]21C. The molecule has 3 heteroatoms. The lowest BCUT2D eigenvalue weighted by molar-refractivity contribution is -0.338. The molecule has 0 bridgehead atoms. The molecule has 2 aliphatic heterocycles. The molecule has 0 amide bonds. The van der Waals surface area contributed by atoms with Gasteiger partial charge in [-0.05, 0) is 19.1 Å². The van der Waals surface area contributed by atoms with E-state index in [0.717, 1.165) is 0 Å². The summed E-state index contributed by atoms with van der Waals surface area (Å²) in [5.41, 5.74) is 3.16. The molecule has 0 spiro atoms. The van der Waals surface area contributed by atoms with Crippen LogP contribution in [0.2, 0.25) is 0 Å². The average molecular weight is 203 g/mol. The highest BCUT2D eigenvalue weighted by molar-refractivity contribution is 5.89. The molecule has 1 aromatic carbocycles. The van der Waals surface area contributed by atoms with Crippen LogP contribution < -0.4 is 4.90 Å². The summed E-state index contributed by atoms with van der Waals surface area (Å²) in [6.45, 7) is 2.55. The standard InChI is InChI=1S/C12H13NO2/c1-12-10(7-8-14-15-12)9-5-3-4-6-11(9)13(12)2/h3-7H,8H2,1-2H3/t12-/m1/s1. The molecular formula is C12H13NO2. The maximum Gasteiger partial charge on any atom is 0.198 e. The van der Waals surface area contributed by atoms with E-state index in [1.54, 1.807) is 0 Å². The summed E-state index contributed by atoms with van der Waals surface area (Å²) in [6, 6.07) is 8.31. The summed E-state index contributed by atoms with van der Waals surface area (Å²) in [5, 5.41) is 0. The number of nitrogens with zero attached hydrogens (tertiary/aromatic N) is 1. The van der Waals surface area contributed by atoms with Crippen molar-refractivity contribution in [1.82, 2.24) is 0 Å². The monoisotopic (exact) mass is 203 g/mol. The molecule has 0 saturated heterocycles. The second-order valence-corrected chi connectivity index (χ2v) is 4.04. The van der Waals surface area contributed by atoms with E-state index < -0.39 is 5.72 Å². The van der Waals surface area contributed by atoms with Gasteiger partial charge in [-0.2, -0.15) is 0 Å². The largest absolute Gasteiger partial charge is 0.340 e. The fourth-order valence-corrected chi connectivity index (χ4v) is 2.32. The van der Waals surface area contributed by atoms with Crippen LogP contribution in [0.3, 0.4) is 0 Å². The number of para-hydroxylation sites is 1. The summed E-state index contributed by atoms with van der Waals surface area (Å²) >= 11 is 0. The van der Waals surface area contributed by atoms with Gasteiger partial charge < -0.3 is 4.90 Å². The summed E-state index contributed by atoms with van der Waals surface area (Å²) in [7, 11) is 2.02. The van der Waals surface area contributed by atoms with Crippen molar-refractivity contribution in [3.05, 3.63) is 35.9 Å². The molecule has 0 aliphatic carbocycles. The minimum absolute atomic E-state index is 0.470. The van der Waals surface area contributed by atoms with E-state index in [2.05, 4.69) is 29.2 Å². The number of benzene rings is 1. The smallest absolute Gasteiger partial charge is 0.198 e. The zero-order valence-corrected chi connectivity index (χ0v) is 8.86. The number of likely N-dealkylation sites (N-methyl/N-ethyl adjacent to an activating group) is 1. The van der Waals surface area contributed by atoms with E-state index in [1.165, 1.54) is 16.8 Å². The van der Waals surface area contributed by atoms with Crippen LogP contribution in [-0.2, 0) is 9.78 Å². The van der Waals surface area contributed by atoms with Crippen LogP contribution in [0.15, 0.2) is 30.3 Å². The topological polar surface area (TPSA) is 21.7 Å². The maximum atomic E-state index is 5.44. The fraction of sp³-hybridized carbons (Fsp3) is 0.333. The minimum Gasteiger partial charge on any atom is -0.340 e. The van der Waals surface area contributed by atoms with E-state index in [-0.39, 0.29) is 0 Å². The Bertz CT molecular complexity index is 441. The number of hydrogen-bond donors (Lipinski definition) is 0. The first-order chi connectivity index (χ1) is 7.23. The molecule has 0 radical (unpaired) electrons. The fourth-order valence-electron chi connectivity index (χ4n) is 2.32. The molecule has 78 valence electrons. The van der Waals surface area contributed by atoms with Gasteiger partial charge in [0.15, 0.2) is 5.72 Å². The lowest BCUT2D eigenvalue weighted by Gasteiger charge is -2.35. The van der Waals surface area contributed by atoms with Crippen LogP contribution in [0.4, 0.5) is 5.69 Å². The summed E-state index contributed by atoms with van der Waals surface area (Å²) in [6.07, 6.45) is 2.09. The third-order valence-electron chi connectivity index (χ3n) is 3.27. The Morgan fingerprint density at radius 3 is 3.00 bits per heavy atom. The molecule has 3 rings (SSSR count). The molecule has 1 aromatic rings. The number of hydrogen-bond acceptors (Lipinski definition) is 3.